The molecule has 1 aliphatic heterocycles. The van der Waals surface area contributed by atoms with Crippen LogP contribution in [0.3, 0.4) is 0 Å². The molecule has 1 amide bonds. The number of carbonyl (C=O) groups is 1. The van der Waals surface area contributed by atoms with Crippen molar-refractivity contribution in [2.75, 3.05) is 33.7 Å². The van der Waals surface area contributed by atoms with E-state index >= 15 is 0 Å². The van der Waals surface area contributed by atoms with Gasteiger partial charge in [0, 0.05) is 25.5 Å². The van der Waals surface area contributed by atoms with E-state index in [0.717, 1.165) is 11.4 Å². The highest BCUT2D eigenvalue weighted by Gasteiger charge is 2.21. The van der Waals surface area contributed by atoms with Crippen LogP contribution >= 0.6 is 11.8 Å². The number of hydrogen-bond acceptors (Lipinski definition) is 3. The van der Waals surface area contributed by atoms with Crippen molar-refractivity contribution in [3.05, 3.63) is 29.8 Å². The molecule has 21 heavy (non-hydrogen) atoms. The van der Waals surface area contributed by atoms with Crippen molar-refractivity contribution in [1.82, 2.24) is 9.80 Å². The highest BCUT2D eigenvalue weighted by molar-refractivity contribution is 8.13. The van der Waals surface area contributed by atoms with E-state index in [4.69, 9.17) is 0 Å². The van der Waals surface area contributed by atoms with E-state index in [1.165, 1.54) is 49.7 Å². The fourth-order valence-corrected chi connectivity index (χ4v) is 3.60. The van der Waals surface area contributed by atoms with Gasteiger partial charge in [-0.15, -0.1) is 0 Å². The summed E-state index contributed by atoms with van der Waals surface area (Å²) in [4.78, 5) is 17.1. The third-order valence-corrected chi connectivity index (χ3v) is 4.97. The Morgan fingerprint density at radius 1 is 1.43 bits per heavy atom. The summed E-state index contributed by atoms with van der Waals surface area (Å²) in [5.41, 5.74) is 1.38. The van der Waals surface area contributed by atoms with Gasteiger partial charge in [-0.3, -0.25) is 4.79 Å². The summed E-state index contributed by atoms with van der Waals surface area (Å²) < 4.78 is 0. The Bertz CT molecular complexity index is 474. The molecule has 3 nitrogen and oxygen atoms in total. The van der Waals surface area contributed by atoms with Crippen LogP contribution < -0.4 is 0 Å². The Balaban J connectivity index is 2.04. The molecule has 1 fully saturated rings. The minimum absolute atomic E-state index is 0.0865. The van der Waals surface area contributed by atoms with Crippen molar-refractivity contribution in [3.63, 3.8) is 0 Å². The average molecular weight is 306 g/mol. The monoisotopic (exact) mass is 306 g/mol. The third kappa shape index (κ3) is 4.75. The number of amides is 1. The molecule has 116 valence electrons. The fraction of sp³-hybridized carbons (Fsp3) is 0.588. The molecule has 0 spiro atoms. The average Bonchev–Trinajstić information content (AvgIpc) is 2.48. The van der Waals surface area contributed by atoms with Gasteiger partial charge in [0.05, 0.1) is 0 Å². The zero-order valence-corrected chi connectivity index (χ0v) is 14.2. The van der Waals surface area contributed by atoms with Crippen LogP contribution in [0.2, 0.25) is 0 Å². The number of piperidine rings is 1. The first kappa shape index (κ1) is 16.4. The lowest BCUT2D eigenvalue weighted by Crippen LogP contribution is -2.34. The summed E-state index contributed by atoms with van der Waals surface area (Å²) >= 11 is 1.31. The first-order valence-corrected chi connectivity index (χ1v) is 8.63. The Kier molecular flexibility index (Phi) is 6.12. The van der Waals surface area contributed by atoms with Crippen LogP contribution in [0.4, 0.5) is 4.79 Å². The predicted molar refractivity (Wildman–Crippen MR) is 90.1 cm³/mol. The van der Waals surface area contributed by atoms with E-state index in [0.29, 0.717) is 5.92 Å². The zero-order chi connectivity index (χ0) is 15.2. The van der Waals surface area contributed by atoms with Crippen LogP contribution in [-0.4, -0.2) is 48.8 Å². The normalized spacial score (nSPS) is 19.5. The maximum Gasteiger partial charge on any atom is 0.285 e. The maximum atomic E-state index is 11.8. The molecule has 1 atom stereocenters. The van der Waals surface area contributed by atoms with Gasteiger partial charge in [-0.1, -0.05) is 19.1 Å². The lowest BCUT2D eigenvalue weighted by atomic mass is 9.90. The number of hydrogen-bond donors (Lipinski definition) is 0. The summed E-state index contributed by atoms with van der Waals surface area (Å²) in [6, 6.07) is 8.53. The van der Waals surface area contributed by atoms with Gasteiger partial charge in [0.2, 0.25) is 0 Å². The molecule has 2 rings (SSSR count). The van der Waals surface area contributed by atoms with Crippen LogP contribution in [0.25, 0.3) is 0 Å². The molecule has 1 aromatic rings. The lowest BCUT2D eigenvalue weighted by molar-refractivity contribution is 0.208. The molecule has 1 heterocycles. The van der Waals surface area contributed by atoms with E-state index in [2.05, 4.69) is 30.0 Å². The van der Waals surface area contributed by atoms with Gasteiger partial charge in [-0.2, -0.15) is 0 Å². The van der Waals surface area contributed by atoms with E-state index < -0.39 is 0 Å². The van der Waals surface area contributed by atoms with Crippen molar-refractivity contribution < 1.29 is 4.79 Å². The van der Waals surface area contributed by atoms with Gasteiger partial charge < -0.3 is 9.80 Å². The van der Waals surface area contributed by atoms with E-state index in [9.17, 15) is 4.79 Å². The minimum atomic E-state index is 0.0865. The highest BCUT2D eigenvalue weighted by Crippen LogP contribution is 2.30. The zero-order valence-electron chi connectivity index (χ0n) is 13.3. The topological polar surface area (TPSA) is 23.6 Å². The van der Waals surface area contributed by atoms with E-state index in [1.807, 2.05) is 6.07 Å². The third-order valence-electron chi connectivity index (χ3n) is 3.95. The second kappa shape index (κ2) is 7.85. The minimum Gasteiger partial charge on any atom is -0.339 e. The molecular weight excluding hydrogens is 280 g/mol. The highest BCUT2D eigenvalue weighted by atomic mass is 32.2. The SMILES string of the molecule is CCCN1CCC[C@@H](c2cccc(SC(=O)N(C)C)c2)C1. The predicted octanol–water partition coefficient (Wildman–Crippen LogP) is 4.05. The Hall–Kier alpha value is -1.00. The molecule has 0 unspecified atom stereocenters. The summed E-state index contributed by atoms with van der Waals surface area (Å²) in [5, 5.41) is 0.0865. The maximum absolute atomic E-state index is 11.8. The van der Waals surface area contributed by atoms with Crippen LogP contribution in [-0.2, 0) is 0 Å². The summed E-state index contributed by atoms with van der Waals surface area (Å²) in [6.45, 7) is 5.83. The molecule has 0 aliphatic carbocycles. The number of likely N-dealkylation sites (tertiary alicyclic amines) is 1. The lowest BCUT2D eigenvalue weighted by Gasteiger charge is -2.32. The molecule has 0 saturated carbocycles. The first-order chi connectivity index (χ1) is 10.1. The van der Waals surface area contributed by atoms with Gasteiger partial charge in [-0.25, -0.2) is 0 Å². The largest absolute Gasteiger partial charge is 0.339 e. The van der Waals surface area contributed by atoms with Gasteiger partial charge in [0.15, 0.2) is 0 Å². The molecule has 0 bridgehead atoms. The second-order valence-electron chi connectivity index (χ2n) is 5.97. The van der Waals surface area contributed by atoms with Gasteiger partial charge in [0.25, 0.3) is 5.24 Å². The molecular formula is C17H26N2OS. The number of benzene rings is 1. The first-order valence-electron chi connectivity index (χ1n) is 7.81. The van der Waals surface area contributed by atoms with Gasteiger partial charge in [-0.05, 0) is 67.7 Å². The standard InChI is InChI=1S/C17H26N2OS/c1-4-10-19-11-6-8-15(13-19)14-7-5-9-16(12-14)21-17(20)18(2)3/h5,7,9,12,15H,4,6,8,10-11,13H2,1-3H3/t15-/m1/s1. The van der Waals surface area contributed by atoms with Gasteiger partial charge in [0.1, 0.15) is 0 Å². The molecule has 0 N–H and O–H groups in total. The molecule has 1 saturated heterocycles. The van der Waals surface area contributed by atoms with Crippen LogP contribution in [0, 0.1) is 0 Å². The summed E-state index contributed by atoms with van der Waals surface area (Å²) in [6.07, 6.45) is 3.76. The molecule has 1 aliphatic rings. The van der Waals surface area contributed by atoms with Crippen LogP contribution in [0.5, 0.6) is 0 Å². The molecule has 1 aromatic carbocycles. The summed E-state index contributed by atoms with van der Waals surface area (Å²) in [7, 11) is 3.59. The van der Waals surface area contributed by atoms with Crippen molar-refractivity contribution in [3.8, 4) is 0 Å². The van der Waals surface area contributed by atoms with Crippen LogP contribution in [0.15, 0.2) is 29.2 Å². The number of rotatable bonds is 4. The summed E-state index contributed by atoms with van der Waals surface area (Å²) in [5.74, 6) is 0.611. The fourth-order valence-electron chi connectivity index (χ4n) is 2.87. The van der Waals surface area contributed by atoms with E-state index in [1.54, 1.807) is 19.0 Å². The Morgan fingerprint density at radius 3 is 2.95 bits per heavy atom. The van der Waals surface area contributed by atoms with Crippen molar-refractivity contribution in [1.29, 1.82) is 0 Å². The smallest absolute Gasteiger partial charge is 0.285 e. The number of thioether (sulfide) groups is 1. The quantitative estimate of drug-likeness (QED) is 0.784. The number of carbonyl (C=O) groups excluding carboxylic acids is 1. The van der Waals surface area contributed by atoms with Gasteiger partial charge >= 0.3 is 0 Å². The van der Waals surface area contributed by atoms with Crippen molar-refractivity contribution in [2.24, 2.45) is 0 Å². The van der Waals surface area contributed by atoms with Crippen LogP contribution in [0.1, 0.15) is 37.7 Å². The molecule has 0 aromatic heterocycles. The molecule has 4 heteroatoms. The van der Waals surface area contributed by atoms with Crippen molar-refractivity contribution in [2.45, 2.75) is 37.0 Å². The molecule has 0 radical (unpaired) electrons. The Morgan fingerprint density at radius 2 is 2.24 bits per heavy atom. The van der Waals surface area contributed by atoms with Crippen molar-refractivity contribution >= 4 is 17.0 Å². The second-order valence-corrected chi connectivity index (χ2v) is 7.00. The van der Waals surface area contributed by atoms with E-state index in [-0.39, 0.29) is 5.24 Å². The number of nitrogens with zero attached hydrogens (tertiary/aromatic N) is 2. The Labute approximate surface area is 132 Å².